The van der Waals surface area contributed by atoms with Crippen LogP contribution in [-0.2, 0) is 19.6 Å². The van der Waals surface area contributed by atoms with Crippen molar-refractivity contribution in [1.82, 2.24) is 4.31 Å². The van der Waals surface area contributed by atoms with Crippen molar-refractivity contribution in [3.05, 3.63) is 29.6 Å². The van der Waals surface area contributed by atoms with Crippen molar-refractivity contribution in [2.75, 3.05) is 26.8 Å². The minimum Gasteiger partial charge on any atom is -0.480 e. The molecule has 0 amide bonds. The van der Waals surface area contributed by atoms with Crippen LogP contribution in [0.3, 0.4) is 0 Å². The number of halogens is 1. The summed E-state index contributed by atoms with van der Waals surface area (Å²) in [6, 6.07) is 4.62. The van der Waals surface area contributed by atoms with E-state index in [4.69, 9.17) is 15.1 Å². The normalized spacial score (nSPS) is 11.3. The van der Waals surface area contributed by atoms with Crippen LogP contribution in [-0.4, -0.2) is 50.6 Å². The van der Waals surface area contributed by atoms with Gasteiger partial charge in [-0.1, -0.05) is 6.07 Å². The lowest BCUT2D eigenvalue weighted by atomic mass is 10.2. The predicted octanol–water partition coefficient (Wildman–Crippen LogP) is 0.419. The Morgan fingerprint density at radius 3 is 2.71 bits per heavy atom. The van der Waals surface area contributed by atoms with Crippen LogP contribution in [0.1, 0.15) is 5.56 Å². The van der Waals surface area contributed by atoms with Gasteiger partial charge in [-0.2, -0.15) is 9.57 Å². The fourth-order valence-corrected chi connectivity index (χ4v) is 3.12. The Kier molecular flexibility index (Phi) is 5.78. The molecule has 1 N–H and O–H groups in total. The highest BCUT2D eigenvalue weighted by Gasteiger charge is 2.29. The van der Waals surface area contributed by atoms with E-state index in [1.165, 1.54) is 13.2 Å². The third-order valence-corrected chi connectivity index (χ3v) is 4.45. The number of hydrogen-bond acceptors (Lipinski definition) is 5. The van der Waals surface area contributed by atoms with E-state index in [1.54, 1.807) is 0 Å². The predicted molar refractivity (Wildman–Crippen MR) is 69.4 cm³/mol. The smallest absolute Gasteiger partial charge is 0.318 e. The summed E-state index contributed by atoms with van der Waals surface area (Å²) < 4.78 is 43.6. The van der Waals surface area contributed by atoms with E-state index in [2.05, 4.69) is 0 Å². The molecule has 0 saturated heterocycles. The Bertz CT molecular complexity index is 669. The van der Waals surface area contributed by atoms with E-state index in [0.717, 1.165) is 18.2 Å². The van der Waals surface area contributed by atoms with Crippen molar-refractivity contribution in [2.45, 2.75) is 4.90 Å². The second kappa shape index (κ2) is 7.12. The van der Waals surface area contributed by atoms with Gasteiger partial charge in [-0.25, -0.2) is 12.8 Å². The van der Waals surface area contributed by atoms with Gasteiger partial charge in [-0.3, -0.25) is 4.79 Å². The summed E-state index contributed by atoms with van der Waals surface area (Å²) in [6.07, 6.45) is 0. The van der Waals surface area contributed by atoms with Crippen LogP contribution in [0.25, 0.3) is 0 Å². The molecule has 7 nitrogen and oxygen atoms in total. The minimum absolute atomic E-state index is 0.0380. The van der Waals surface area contributed by atoms with Crippen LogP contribution in [0.4, 0.5) is 4.39 Å². The van der Waals surface area contributed by atoms with Gasteiger partial charge in [0.2, 0.25) is 10.0 Å². The number of methoxy groups -OCH3 is 1. The van der Waals surface area contributed by atoms with Gasteiger partial charge in [0.05, 0.1) is 6.61 Å². The number of benzene rings is 1. The molecule has 0 atom stereocenters. The third-order valence-electron chi connectivity index (χ3n) is 2.56. The molecule has 0 bridgehead atoms. The number of aliphatic carboxylic acids is 1. The Balaban J connectivity index is 3.32. The first-order valence-electron chi connectivity index (χ1n) is 5.74. The van der Waals surface area contributed by atoms with Crippen molar-refractivity contribution in [3.8, 4) is 6.07 Å². The molecule has 1 aromatic rings. The molecule has 9 heteroatoms. The summed E-state index contributed by atoms with van der Waals surface area (Å²) in [5.74, 6) is -2.36. The number of carboxylic acid groups (broad SMARTS) is 1. The molecule has 0 aliphatic rings. The highest BCUT2D eigenvalue weighted by Crippen LogP contribution is 2.21. The minimum atomic E-state index is -4.32. The average Bonchev–Trinajstić information content (AvgIpc) is 2.42. The number of ether oxygens (including phenoxy) is 1. The number of carboxylic acids is 1. The fourth-order valence-electron chi connectivity index (χ4n) is 1.60. The largest absolute Gasteiger partial charge is 0.480 e. The van der Waals surface area contributed by atoms with Crippen molar-refractivity contribution >= 4 is 16.0 Å². The number of nitrogens with zero attached hydrogens (tertiary/aromatic N) is 2. The first-order valence-corrected chi connectivity index (χ1v) is 7.18. The van der Waals surface area contributed by atoms with E-state index in [0.29, 0.717) is 4.31 Å². The van der Waals surface area contributed by atoms with E-state index in [1.807, 2.05) is 0 Å². The second-order valence-electron chi connectivity index (χ2n) is 3.95. The Morgan fingerprint density at radius 2 is 2.19 bits per heavy atom. The molecular weight excluding hydrogens is 303 g/mol. The summed E-state index contributed by atoms with van der Waals surface area (Å²) in [6.45, 7) is -1.08. The monoisotopic (exact) mass is 316 g/mol. The molecule has 0 unspecified atom stereocenters. The zero-order valence-corrected chi connectivity index (χ0v) is 11.9. The highest BCUT2D eigenvalue weighted by molar-refractivity contribution is 7.89. The van der Waals surface area contributed by atoms with Gasteiger partial charge in [0.25, 0.3) is 0 Å². The first kappa shape index (κ1) is 17.0. The van der Waals surface area contributed by atoms with Gasteiger partial charge < -0.3 is 9.84 Å². The summed E-state index contributed by atoms with van der Waals surface area (Å²) in [4.78, 5) is 10.2. The molecule has 0 fully saturated rings. The maximum atomic E-state index is 13.5. The van der Waals surface area contributed by atoms with E-state index < -0.39 is 38.8 Å². The van der Waals surface area contributed by atoms with Gasteiger partial charge in [0.1, 0.15) is 28.9 Å². The van der Waals surface area contributed by atoms with Crippen LogP contribution in [0.2, 0.25) is 0 Å². The molecule has 0 heterocycles. The molecule has 0 radical (unpaired) electrons. The molecule has 21 heavy (non-hydrogen) atoms. The van der Waals surface area contributed by atoms with Crippen LogP contribution >= 0.6 is 0 Å². The highest BCUT2D eigenvalue weighted by atomic mass is 32.2. The van der Waals surface area contributed by atoms with Crippen molar-refractivity contribution in [1.29, 1.82) is 5.26 Å². The Morgan fingerprint density at radius 1 is 1.52 bits per heavy atom. The summed E-state index contributed by atoms with van der Waals surface area (Å²) in [5, 5.41) is 17.7. The van der Waals surface area contributed by atoms with Crippen molar-refractivity contribution in [2.24, 2.45) is 0 Å². The molecule has 1 aromatic carbocycles. The summed E-state index contributed by atoms with van der Waals surface area (Å²) in [5.41, 5.74) is -0.648. The van der Waals surface area contributed by atoms with Crippen LogP contribution < -0.4 is 0 Å². The lowest BCUT2D eigenvalue weighted by molar-refractivity contribution is -0.137. The summed E-state index contributed by atoms with van der Waals surface area (Å²) in [7, 11) is -3.00. The van der Waals surface area contributed by atoms with E-state index in [9.17, 15) is 17.6 Å². The Hall–Kier alpha value is -2.02. The lowest BCUT2D eigenvalue weighted by Crippen LogP contribution is -2.38. The van der Waals surface area contributed by atoms with Crippen LogP contribution in [0.15, 0.2) is 23.1 Å². The topological polar surface area (TPSA) is 108 Å². The zero-order chi connectivity index (χ0) is 16.0. The van der Waals surface area contributed by atoms with Gasteiger partial charge >= 0.3 is 5.97 Å². The first-order chi connectivity index (χ1) is 9.84. The molecule has 0 saturated carbocycles. The molecule has 114 valence electrons. The zero-order valence-electron chi connectivity index (χ0n) is 11.1. The Labute approximate surface area is 121 Å². The number of nitriles is 1. The van der Waals surface area contributed by atoms with Gasteiger partial charge in [-0.05, 0) is 12.1 Å². The summed E-state index contributed by atoms with van der Waals surface area (Å²) >= 11 is 0. The quantitative estimate of drug-likeness (QED) is 0.781. The molecule has 0 spiro atoms. The molecule has 0 aliphatic heterocycles. The second-order valence-corrected chi connectivity index (χ2v) is 5.86. The average molecular weight is 316 g/mol. The number of hydrogen-bond donors (Lipinski definition) is 1. The molecular formula is C12H13FN2O5S. The number of rotatable bonds is 7. The van der Waals surface area contributed by atoms with Gasteiger partial charge in [0.15, 0.2) is 0 Å². The van der Waals surface area contributed by atoms with Gasteiger partial charge in [0, 0.05) is 13.7 Å². The maximum absolute atomic E-state index is 13.5. The molecule has 1 rings (SSSR count). The van der Waals surface area contributed by atoms with Crippen LogP contribution in [0.5, 0.6) is 0 Å². The standard InChI is InChI=1S/C12H13FN2O5S/c1-20-6-5-15(8-12(16)17)21(18,19)11-4-2-3-10(13)9(11)7-14/h2-4H,5-6,8H2,1H3,(H,16,17). The van der Waals surface area contributed by atoms with E-state index in [-0.39, 0.29) is 13.2 Å². The SMILES string of the molecule is COCCN(CC(=O)O)S(=O)(=O)c1cccc(F)c1C#N. The lowest BCUT2D eigenvalue weighted by Gasteiger charge is -2.20. The molecule has 0 aromatic heterocycles. The number of sulfonamides is 1. The van der Waals surface area contributed by atoms with E-state index >= 15 is 0 Å². The van der Waals surface area contributed by atoms with Crippen molar-refractivity contribution in [3.63, 3.8) is 0 Å². The number of carbonyl (C=O) groups is 1. The fraction of sp³-hybridized carbons (Fsp3) is 0.333. The van der Waals surface area contributed by atoms with Crippen molar-refractivity contribution < 1.29 is 27.4 Å². The van der Waals surface area contributed by atoms with Gasteiger partial charge in [-0.15, -0.1) is 0 Å². The molecule has 0 aliphatic carbocycles. The maximum Gasteiger partial charge on any atom is 0.318 e. The third kappa shape index (κ3) is 3.98. The van der Waals surface area contributed by atoms with Crippen LogP contribution in [0, 0.1) is 17.1 Å².